The van der Waals surface area contributed by atoms with Crippen LogP contribution in [0.3, 0.4) is 0 Å². The first kappa shape index (κ1) is 21.0. The summed E-state index contributed by atoms with van der Waals surface area (Å²) >= 11 is 0. The Morgan fingerprint density at radius 1 is 0.765 bits per heavy atom. The highest BCUT2D eigenvalue weighted by Gasteiger charge is 2.12. The van der Waals surface area contributed by atoms with Gasteiger partial charge in [0.15, 0.2) is 0 Å². The number of benzene rings is 4. The summed E-state index contributed by atoms with van der Waals surface area (Å²) in [6.07, 6.45) is 3.33. The highest BCUT2D eigenvalue weighted by Crippen LogP contribution is 2.33. The fourth-order valence-corrected chi connectivity index (χ4v) is 3.78. The van der Waals surface area contributed by atoms with E-state index in [1.807, 2.05) is 30.3 Å². The molecule has 1 aromatic heterocycles. The Morgan fingerprint density at radius 2 is 1.44 bits per heavy atom. The lowest BCUT2D eigenvalue weighted by molar-refractivity contribution is -0.384. The number of nitrogens with one attached hydrogen (secondary N) is 1. The van der Waals surface area contributed by atoms with E-state index in [0.717, 1.165) is 33.0 Å². The molecule has 5 aromatic rings. The van der Waals surface area contributed by atoms with Crippen LogP contribution in [0.25, 0.3) is 33.0 Å². The molecule has 1 amide bonds. The van der Waals surface area contributed by atoms with Gasteiger partial charge in [0.05, 0.1) is 4.92 Å². The molecule has 7 heteroatoms. The molecular weight excluding hydrogens is 428 g/mol. The number of nitro groups is 1. The summed E-state index contributed by atoms with van der Waals surface area (Å²) in [5.41, 5.74) is 4.21. The van der Waals surface area contributed by atoms with Crippen LogP contribution in [-0.4, -0.2) is 20.8 Å². The number of non-ortho nitro benzene ring substituents is 1. The van der Waals surface area contributed by atoms with Gasteiger partial charge in [-0.05, 0) is 51.7 Å². The molecule has 0 unspecified atom stereocenters. The average Bonchev–Trinajstić information content (AvgIpc) is 2.89. The zero-order valence-electron chi connectivity index (χ0n) is 17.9. The summed E-state index contributed by atoms with van der Waals surface area (Å²) in [6.45, 7) is 0. The molecule has 34 heavy (non-hydrogen) atoms. The minimum absolute atomic E-state index is 0.0811. The first-order valence-corrected chi connectivity index (χ1v) is 10.5. The van der Waals surface area contributed by atoms with Crippen LogP contribution in [0.4, 0.5) is 11.6 Å². The number of amides is 1. The third kappa shape index (κ3) is 4.22. The summed E-state index contributed by atoms with van der Waals surface area (Å²) in [5, 5.41) is 15.7. The number of fused-ring (bicyclic) bond motifs is 1. The number of rotatable bonds is 5. The van der Waals surface area contributed by atoms with Gasteiger partial charge >= 0.3 is 0 Å². The van der Waals surface area contributed by atoms with Crippen molar-refractivity contribution in [3.8, 4) is 22.3 Å². The Balaban J connectivity index is 1.43. The molecule has 7 nitrogen and oxygen atoms in total. The van der Waals surface area contributed by atoms with E-state index < -0.39 is 10.8 Å². The number of aromatic nitrogens is 2. The molecule has 0 aliphatic rings. The van der Waals surface area contributed by atoms with Crippen molar-refractivity contribution < 1.29 is 9.72 Å². The molecule has 0 bridgehead atoms. The minimum Gasteiger partial charge on any atom is -0.290 e. The van der Waals surface area contributed by atoms with E-state index in [-0.39, 0.29) is 17.2 Å². The van der Waals surface area contributed by atoms with Crippen molar-refractivity contribution in [1.29, 1.82) is 0 Å². The average molecular weight is 446 g/mol. The Hall–Kier alpha value is -4.91. The highest BCUT2D eigenvalue weighted by molar-refractivity contribution is 6.03. The Labute approximate surface area is 194 Å². The standard InChI is InChI=1S/C27H18N4O3/c32-26(19-10-12-23(13-11-19)31(33)34)30-27-28-16-22(17-29-27)21-14-20-8-4-5-9-24(20)25(15-21)18-6-2-1-3-7-18/h1-17H,(H,28,29,30,32). The number of carbonyl (C=O) groups excluding carboxylic acids is 1. The largest absolute Gasteiger partial charge is 0.290 e. The van der Waals surface area contributed by atoms with Crippen molar-refractivity contribution in [2.24, 2.45) is 0 Å². The number of carbonyl (C=O) groups is 1. The second kappa shape index (κ2) is 8.91. The number of anilines is 1. The SMILES string of the molecule is O=C(Nc1ncc(-c2cc(-c3ccccc3)c3ccccc3c2)cn1)c1ccc([N+](=O)[O-])cc1. The van der Waals surface area contributed by atoms with Crippen LogP contribution in [-0.2, 0) is 0 Å². The molecule has 1 N–H and O–H groups in total. The number of nitro benzene ring substituents is 1. The second-order valence-electron chi connectivity index (χ2n) is 7.66. The van der Waals surface area contributed by atoms with Gasteiger partial charge in [0.25, 0.3) is 11.6 Å². The lowest BCUT2D eigenvalue weighted by Gasteiger charge is -2.11. The van der Waals surface area contributed by atoms with E-state index in [2.05, 4.69) is 51.7 Å². The zero-order valence-corrected chi connectivity index (χ0v) is 17.9. The van der Waals surface area contributed by atoms with Crippen molar-refractivity contribution in [1.82, 2.24) is 9.97 Å². The lowest BCUT2D eigenvalue weighted by atomic mass is 9.94. The summed E-state index contributed by atoms with van der Waals surface area (Å²) in [6, 6.07) is 28.0. The molecule has 0 atom stereocenters. The third-order valence-electron chi connectivity index (χ3n) is 5.50. The fraction of sp³-hybridized carbons (Fsp3) is 0. The quantitative estimate of drug-likeness (QED) is 0.259. The predicted octanol–water partition coefficient (Wildman–Crippen LogP) is 6.12. The molecule has 0 aliphatic carbocycles. The monoisotopic (exact) mass is 446 g/mol. The topological polar surface area (TPSA) is 98.0 Å². The van der Waals surface area contributed by atoms with Crippen LogP contribution >= 0.6 is 0 Å². The van der Waals surface area contributed by atoms with Crippen molar-refractivity contribution in [2.45, 2.75) is 0 Å². The fourth-order valence-electron chi connectivity index (χ4n) is 3.78. The molecular formula is C27H18N4O3. The van der Waals surface area contributed by atoms with Gasteiger partial charge in [-0.15, -0.1) is 0 Å². The van der Waals surface area contributed by atoms with Crippen LogP contribution in [0, 0.1) is 10.1 Å². The van der Waals surface area contributed by atoms with E-state index >= 15 is 0 Å². The molecule has 4 aromatic carbocycles. The smallest absolute Gasteiger partial charge is 0.269 e. The first-order chi connectivity index (χ1) is 16.6. The molecule has 0 fully saturated rings. The predicted molar refractivity (Wildman–Crippen MR) is 131 cm³/mol. The van der Waals surface area contributed by atoms with Crippen molar-refractivity contribution in [2.75, 3.05) is 5.32 Å². The molecule has 0 saturated carbocycles. The first-order valence-electron chi connectivity index (χ1n) is 10.5. The number of hydrogen-bond donors (Lipinski definition) is 1. The minimum atomic E-state index is -0.514. The third-order valence-corrected chi connectivity index (χ3v) is 5.50. The molecule has 5 rings (SSSR count). The van der Waals surface area contributed by atoms with Crippen molar-refractivity contribution in [3.05, 3.63) is 119 Å². The van der Waals surface area contributed by atoms with Gasteiger partial charge in [-0.25, -0.2) is 9.97 Å². The van der Waals surface area contributed by atoms with E-state index in [0.29, 0.717) is 0 Å². The molecule has 1 heterocycles. The summed E-state index contributed by atoms with van der Waals surface area (Å²) in [4.78, 5) is 31.3. The molecule has 164 valence electrons. The van der Waals surface area contributed by atoms with Gasteiger partial charge in [-0.3, -0.25) is 20.2 Å². The number of nitrogens with zero attached hydrogens (tertiary/aromatic N) is 3. The number of hydrogen-bond acceptors (Lipinski definition) is 5. The zero-order chi connectivity index (χ0) is 23.5. The Morgan fingerprint density at radius 3 is 2.15 bits per heavy atom. The summed E-state index contributed by atoms with van der Waals surface area (Å²) < 4.78 is 0. The van der Waals surface area contributed by atoms with Gasteiger partial charge in [-0.1, -0.05) is 54.6 Å². The van der Waals surface area contributed by atoms with E-state index in [1.54, 1.807) is 12.4 Å². The Kier molecular flexibility index (Phi) is 5.50. The summed E-state index contributed by atoms with van der Waals surface area (Å²) in [7, 11) is 0. The lowest BCUT2D eigenvalue weighted by Crippen LogP contribution is -2.14. The van der Waals surface area contributed by atoms with Gasteiger partial charge in [-0.2, -0.15) is 0 Å². The van der Waals surface area contributed by atoms with Crippen LogP contribution in [0.5, 0.6) is 0 Å². The van der Waals surface area contributed by atoms with E-state index in [9.17, 15) is 14.9 Å². The van der Waals surface area contributed by atoms with Gasteiger partial charge in [0.2, 0.25) is 5.95 Å². The van der Waals surface area contributed by atoms with Gasteiger partial charge in [0.1, 0.15) is 0 Å². The maximum atomic E-state index is 12.4. The maximum absolute atomic E-state index is 12.4. The molecule has 0 aliphatic heterocycles. The van der Waals surface area contributed by atoms with Crippen LogP contribution in [0.15, 0.2) is 103 Å². The van der Waals surface area contributed by atoms with E-state index in [1.165, 1.54) is 24.3 Å². The molecule has 0 radical (unpaired) electrons. The van der Waals surface area contributed by atoms with Crippen LogP contribution < -0.4 is 5.32 Å². The maximum Gasteiger partial charge on any atom is 0.269 e. The van der Waals surface area contributed by atoms with E-state index in [4.69, 9.17) is 0 Å². The Bertz CT molecular complexity index is 1500. The van der Waals surface area contributed by atoms with Crippen molar-refractivity contribution >= 4 is 28.3 Å². The second-order valence-corrected chi connectivity index (χ2v) is 7.66. The molecule has 0 spiro atoms. The van der Waals surface area contributed by atoms with Gasteiger partial charge < -0.3 is 0 Å². The highest BCUT2D eigenvalue weighted by atomic mass is 16.6. The van der Waals surface area contributed by atoms with Crippen LogP contribution in [0.1, 0.15) is 10.4 Å². The van der Waals surface area contributed by atoms with Crippen LogP contribution in [0.2, 0.25) is 0 Å². The van der Waals surface area contributed by atoms with Crippen molar-refractivity contribution in [3.63, 3.8) is 0 Å². The molecule has 0 saturated heterocycles. The summed E-state index contributed by atoms with van der Waals surface area (Å²) in [5.74, 6) is -0.295. The normalized spacial score (nSPS) is 10.7. The van der Waals surface area contributed by atoms with Gasteiger partial charge in [0, 0.05) is 35.7 Å².